The average Bonchev–Trinajstić information content (AvgIpc) is 2.89. The van der Waals surface area contributed by atoms with Gasteiger partial charge in [-0.3, -0.25) is 4.90 Å². The summed E-state index contributed by atoms with van der Waals surface area (Å²) in [5.74, 6) is 0. The molecule has 0 unspecified atom stereocenters. The van der Waals surface area contributed by atoms with Gasteiger partial charge in [0.1, 0.15) is 0 Å². The first-order chi connectivity index (χ1) is 10.9. The molecular formula is C18H27NO3S. The number of ether oxygens (including phenoxy) is 1. The van der Waals surface area contributed by atoms with Crippen molar-refractivity contribution >= 4 is 9.84 Å². The molecule has 0 amide bonds. The second-order valence-electron chi connectivity index (χ2n) is 7.21. The van der Waals surface area contributed by atoms with E-state index < -0.39 is 9.84 Å². The van der Waals surface area contributed by atoms with Crippen LogP contribution >= 0.6 is 0 Å². The summed E-state index contributed by atoms with van der Waals surface area (Å²) in [5, 5.41) is 0. The Morgan fingerprint density at radius 3 is 2.57 bits per heavy atom. The Morgan fingerprint density at radius 2 is 1.91 bits per heavy atom. The number of nitrogens with zero attached hydrogens (tertiary/aromatic N) is 1. The first-order valence-electron chi connectivity index (χ1n) is 8.47. The van der Waals surface area contributed by atoms with Crippen molar-refractivity contribution in [1.82, 2.24) is 4.90 Å². The van der Waals surface area contributed by atoms with Gasteiger partial charge in [-0.05, 0) is 49.9 Å². The number of sulfone groups is 1. The Hall–Kier alpha value is -0.910. The molecular weight excluding hydrogens is 310 g/mol. The van der Waals surface area contributed by atoms with Gasteiger partial charge in [-0.15, -0.1) is 0 Å². The van der Waals surface area contributed by atoms with Crippen LogP contribution in [0.5, 0.6) is 0 Å². The summed E-state index contributed by atoms with van der Waals surface area (Å²) in [6.45, 7) is 3.10. The van der Waals surface area contributed by atoms with E-state index in [9.17, 15) is 8.42 Å². The number of hydrogen-bond acceptors (Lipinski definition) is 4. The van der Waals surface area contributed by atoms with Gasteiger partial charge in [0, 0.05) is 31.9 Å². The van der Waals surface area contributed by atoms with Gasteiger partial charge in [-0.1, -0.05) is 18.6 Å². The molecule has 1 spiro atoms. The zero-order valence-electron chi connectivity index (χ0n) is 14.1. The molecule has 0 N–H and O–H groups in total. The van der Waals surface area contributed by atoms with Crippen molar-refractivity contribution in [2.45, 2.75) is 49.6 Å². The molecule has 1 aliphatic heterocycles. The standard InChI is InChI=1S/C18H27NO3S/c1-22-17-5-3-10-18(17)11-4-12-19(14-18)13-15-6-8-16(9-7-15)23(2,20)21/h6-9,17H,3-5,10-14H2,1-2H3/t17-,18+/m1/s1. The first kappa shape index (κ1) is 16.9. The average molecular weight is 337 g/mol. The van der Waals surface area contributed by atoms with Gasteiger partial charge in [-0.25, -0.2) is 8.42 Å². The fourth-order valence-corrected chi connectivity index (χ4v) is 5.07. The van der Waals surface area contributed by atoms with Gasteiger partial charge in [0.05, 0.1) is 11.0 Å². The van der Waals surface area contributed by atoms with Gasteiger partial charge in [0.2, 0.25) is 0 Å². The van der Waals surface area contributed by atoms with Crippen LogP contribution in [0.3, 0.4) is 0 Å². The third kappa shape index (κ3) is 3.62. The fourth-order valence-electron chi connectivity index (χ4n) is 4.43. The van der Waals surface area contributed by atoms with E-state index in [1.54, 1.807) is 12.1 Å². The van der Waals surface area contributed by atoms with Crippen LogP contribution in [0.2, 0.25) is 0 Å². The Labute approximate surface area is 139 Å². The highest BCUT2D eigenvalue weighted by Gasteiger charge is 2.45. The van der Waals surface area contributed by atoms with E-state index in [2.05, 4.69) is 4.90 Å². The maximum atomic E-state index is 11.5. The van der Waals surface area contributed by atoms with E-state index in [1.807, 2.05) is 19.2 Å². The van der Waals surface area contributed by atoms with Crippen LogP contribution in [0.25, 0.3) is 0 Å². The minimum atomic E-state index is -3.11. The summed E-state index contributed by atoms with van der Waals surface area (Å²) in [4.78, 5) is 2.91. The monoisotopic (exact) mass is 337 g/mol. The number of piperidine rings is 1. The Bertz CT molecular complexity index is 641. The third-order valence-electron chi connectivity index (χ3n) is 5.55. The molecule has 1 aromatic rings. The Kier molecular flexibility index (Phi) is 4.81. The molecule has 5 heteroatoms. The lowest BCUT2D eigenvalue weighted by Crippen LogP contribution is -2.47. The zero-order chi connectivity index (χ0) is 16.5. The predicted octanol–water partition coefficient (Wildman–Crippen LogP) is 2.87. The fraction of sp³-hybridized carbons (Fsp3) is 0.667. The van der Waals surface area contributed by atoms with Crippen LogP contribution < -0.4 is 0 Å². The van der Waals surface area contributed by atoms with Crippen LogP contribution in [0, 0.1) is 5.41 Å². The van der Waals surface area contributed by atoms with Crippen molar-refractivity contribution in [3.05, 3.63) is 29.8 Å². The molecule has 1 aliphatic carbocycles. The minimum Gasteiger partial charge on any atom is -0.381 e. The molecule has 1 aromatic carbocycles. The topological polar surface area (TPSA) is 46.6 Å². The summed E-state index contributed by atoms with van der Waals surface area (Å²) < 4.78 is 28.9. The molecule has 0 bridgehead atoms. The van der Waals surface area contributed by atoms with Crippen LogP contribution in [0.4, 0.5) is 0 Å². The molecule has 23 heavy (non-hydrogen) atoms. The van der Waals surface area contributed by atoms with Crippen LogP contribution in [-0.4, -0.2) is 45.9 Å². The first-order valence-corrected chi connectivity index (χ1v) is 10.4. The second-order valence-corrected chi connectivity index (χ2v) is 9.23. The lowest BCUT2D eigenvalue weighted by molar-refractivity contribution is -0.0366. The SMILES string of the molecule is CO[C@@H]1CCC[C@@]12CCCN(Cc1ccc(S(C)(=O)=O)cc1)C2. The molecule has 2 aliphatic rings. The molecule has 0 aromatic heterocycles. The van der Waals surface area contributed by atoms with E-state index in [1.165, 1.54) is 43.9 Å². The predicted molar refractivity (Wildman–Crippen MR) is 91.1 cm³/mol. The lowest BCUT2D eigenvalue weighted by Gasteiger charge is -2.43. The van der Waals surface area contributed by atoms with E-state index in [4.69, 9.17) is 4.74 Å². The molecule has 2 fully saturated rings. The molecule has 4 nitrogen and oxygen atoms in total. The second kappa shape index (κ2) is 6.54. The maximum absolute atomic E-state index is 11.5. The van der Waals surface area contributed by atoms with Crippen LogP contribution in [-0.2, 0) is 21.1 Å². The zero-order valence-corrected chi connectivity index (χ0v) is 14.9. The largest absolute Gasteiger partial charge is 0.381 e. The summed E-state index contributed by atoms with van der Waals surface area (Å²) in [7, 11) is -1.26. The number of hydrogen-bond donors (Lipinski definition) is 0. The molecule has 128 valence electrons. The van der Waals surface area contributed by atoms with Crippen molar-refractivity contribution in [2.24, 2.45) is 5.41 Å². The van der Waals surface area contributed by atoms with Crippen LogP contribution in [0.1, 0.15) is 37.7 Å². The summed E-state index contributed by atoms with van der Waals surface area (Å²) in [5.41, 5.74) is 1.51. The van der Waals surface area contributed by atoms with Gasteiger partial charge >= 0.3 is 0 Å². The molecule has 3 rings (SSSR count). The molecule has 0 radical (unpaired) electrons. The number of rotatable bonds is 4. The van der Waals surface area contributed by atoms with E-state index in [0.717, 1.165) is 19.6 Å². The van der Waals surface area contributed by atoms with Gasteiger partial charge in [-0.2, -0.15) is 0 Å². The molecule has 1 saturated heterocycles. The van der Waals surface area contributed by atoms with Crippen molar-refractivity contribution < 1.29 is 13.2 Å². The van der Waals surface area contributed by atoms with Crippen molar-refractivity contribution in [2.75, 3.05) is 26.5 Å². The van der Waals surface area contributed by atoms with Crippen molar-refractivity contribution in [1.29, 1.82) is 0 Å². The molecule has 2 atom stereocenters. The smallest absolute Gasteiger partial charge is 0.175 e. The lowest BCUT2D eigenvalue weighted by atomic mass is 9.76. The van der Waals surface area contributed by atoms with Gasteiger partial charge in [0.15, 0.2) is 9.84 Å². The number of likely N-dealkylation sites (tertiary alicyclic amines) is 1. The van der Waals surface area contributed by atoms with E-state index in [-0.39, 0.29) is 0 Å². The minimum absolute atomic E-state index is 0.333. The van der Waals surface area contributed by atoms with Crippen molar-refractivity contribution in [3.8, 4) is 0 Å². The quantitative estimate of drug-likeness (QED) is 0.847. The van der Waals surface area contributed by atoms with Crippen LogP contribution in [0.15, 0.2) is 29.2 Å². The van der Waals surface area contributed by atoms with E-state index in [0.29, 0.717) is 16.4 Å². The third-order valence-corrected chi connectivity index (χ3v) is 6.68. The summed E-state index contributed by atoms with van der Waals surface area (Å²) in [6, 6.07) is 7.33. The highest BCUT2D eigenvalue weighted by molar-refractivity contribution is 7.90. The number of methoxy groups -OCH3 is 1. The number of benzene rings is 1. The highest BCUT2D eigenvalue weighted by Crippen LogP contribution is 2.46. The Balaban J connectivity index is 1.68. The summed E-state index contributed by atoms with van der Waals surface area (Å²) >= 11 is 0. The van der Waals surface area contributed by atoms with Gasteiger partial charge < -0.3 is 4.74 Å². The van der Waals surface area contributed by atoms with Crippen molar-refractivity contribution in [3.63, 3.8) is 0 Å². The van der Waals surface area contributed by atoms with Gasteiger partial charge in [0.25, 0.3) is 0 Å². The molecule has 1 heterocycles. The molecule has 1 saturated carbocycles. The Morgan fingerprint density at radius 1 is 1.22 bits per heavy atom. The highest BCUT2D eigenvalue weighted by atomic mass is 32.2. The van der Waals surface area contributed by atoms with E-state index >= 15 is 0 Å². The normalized spacial score (nSPS) is 29.2. The maximum Gasteiger partial charge on any atom is 0.175 e. The summed E-state index contributed by atoms with van der Waals surface area (Å²) in [6.07, 6.45) is 7.88.